The largest absolute Gasteiger partial charge is 0.409 e. The van der Waals surface area contributed by atoms with Gasteiger partial charge < -0.3 is 25.7 Å². The molecule has 104 valence electrons. The summed E-state index contributed by atoms with van der Waals surface area (Å²) in [6.07, 6.45) is 1.27. The third kappa shape index (κ3) is 3.33. The molecule has 7 heteroatoms. The molecule has 4 N–H and O–H groups in total. The SMILES string of the molecule is CCCC(C(=O)N1CCOCC1CO)C(N)=NO. The Morgan fingerprint density at radius 2 is 2.39 bits per heavy atom. The molecule has 2 atom stereocenters. The summed E-state index contributed by atoms with van der Waals surface area (Å²) in [5.41, 5.74) is 5.56. The number of amides is 1. The van der Waals surface area contributed by atoms with Gasteiger partial charge in [0.25, 0.3) is 0 Å². The van der Waals surface area contributed by atoms with Gasteiger partial charge in [0.05, 0.1) is 31.8 Å². The first kappa shape index (κ1) is 14.7. The first-order valence-corrected chi connectivity index (χ1v) is 6.12. The Balaban J connectivity index is 2.80. The summed E-state index contributed by atoms with van der Waals surface area (Å²) < 4.78 is 5.22. The van der Waals surface area contributed by atoms with E-state index < -0.39 is 5.92 Å². The van der Waals surface area contributed by atoms with Crippen LogP contribution in [-0.2, 0) is 9.53 Å². The van der Waals surface area contributed by atoms with Crippen LogP contribution < -0.4 is 5.73 Å². The molecule has 0 aromatic rings. The molecule has 0 spiro atoms. The van der Waals surface area contributed by atoms with Crippen LogP contribution in [0.3, 0.4) is 0 Å². The van der Waals surface area contributed by atoms with Crippen molar-refractivity contribution in [3.05, 3.63) is 0 Å². The van der Waals surface area contributed by atoms with E-state index in [2.05, 4.69) is 5.16 Å². The first-order valence-electron chi connectivity index (χ1n) is 6.12. The molecule has 1 saturated heterocycles. The standard InChI is InChI=1S/C11H21N3O4/c1-2-3-9(10(12)13-17)11(16)14-4-5-18-7-8(14)6-15/h8-9,15,17H,2-7H2,1H3,(H2,12,13). The third-order valence-electron chi connectivity index (χ3n) is 3.07. The summed E-state index contributed by atoms with van der Waals surface area (Å²) >= 11 is 0. The number of ether oxygens (including phenoxy) is 1. The lowest BCUT2D eigenvalue weighted by Gasteiger charge is -2.36. The number of aliphatic hydroxyl groups is 1. The maximum absolute atomic E-state index is 12.3. The molecule has 7 nitrogen and oxygen atoms in total. The Bertz CT molecular complexity index is 309. The topological polar surface area (TPSA) is 108 Å². The first-order chi connectivity index (χ1) is 8.65. The normalized spacial score (nSPS) is 22.9. The van der Waals surface area contributed by atoms with E-state index in [9.17, 15) is 9.90 Å². The van der Waals surface area contributed by atoms with E-state index in [1.54, 1.807) is 4.90 Å². The van der Waals surface area contributed by atoms with Crippen molar-refractivity contribution in [2.24, 2.45) is 16.8 Å². The minimum atomic E-state index is -0.632. The van der Waals surface area contributed by atoms with E-state index in [1.807, 2.05) is 6.92 Å². The highest BCUT2D eigenvalue weighted by Crippen LogP contribution is 2.16. The van der Waals surface area contributed by atoms with Crippen LogP contribution >= 0.6 is 0 Å². The number of hydrogen-bond donors (Lipinski definition) is 3. The zero-order valence-electron chi connectivity index (χ0n) is 10.6. The van der Waals surface area contributed by atoms with Crippen LogP contribution in [0.15, 0.2) is 5.16 Å². The Labute approximate surface area is 106 Å². The second-order valence-corrected chi connectivity index (χ2v) is 4.31. The summed E-state index contributed by atoms with van der Waals surface area (Å²) in [5, 5.41) is 20.9. The lowest BCUT2D eigenvalue weighted by molar-refractivity contribution is -0.144. The summed E-state index contributed by atoms with van der Waals surface area (Å²) in [5.74, 6) is -0.924. The number of nitrogens with zero attached hydrogens (tertiary/aromatic N) is 2. The van der Waals surface area contributed by atoms with Crippen molar-refractivity contribution in [3.8, 4) is 0 Å². The van der Waals surface area contributed by atoms with Gasteiger partial charge in [-0.2, -0.15) is 0 Å². The summed E-state index contributed by atoms with van der Waals surface area (Å²) in [4.78, 5) is 13.9. The lowest BCUT2D eigenvalue weighted by atomic mass is 9.99. The van der Waals surface area contributed by atoms with Crippen molar-refractivity contribution in [1.82, 2.24) is 4.90 Å². The number of carbonyl (C=O) groups excluding carboxylic acids is 1. The van der Waals surface area contributed by atoms with Gasteiger partial charge in [0, 0.05) is 6.54 Å². The van der Waals surface area contributed by atoms with Gasteiger partial charge in [0.1, 0.15) is 0 Å². The molecule has 0 saturated carbocycles. The van der Waals surface area contributed by atoms with Crippen molar-refractivity contribution in [2.75, 3.05) is 26.4 Å². The highest BCUT2D eigenvalue weighted by molar-refractivity contribution is 6.02. The minimum Gasteiger partial charge on any atom is -0.409 e. The van der Waals surface area contributed by atoms with Crippen molar-refractivity contribution in [1.29, 1.82) is 0 Å². The minimum absolute atomic E-state index is 0.0787. The molecule has 0 aromatic carbocycles. The molecule has 0 bridgehead atoms. The monoisotopic (exact) mass is 259 g/mol. The molecule has 1 aliphatic heterocycles. The van der Waals surface area contributed by atoms with Gasteiger partial charge in [0.15, 0.2) is 5.84 Å². The maximum Gasteiger partial charge on any atom is 0.233 e. The maximum atomic E-state index is 12.3. The average Bonchev–Trinajstić information content (AvgIpc) is 2.43. The highest BCUT2D eigenvalue weighted by atomic mass is 16.5. The fraction of sp³-hybridized carbons (Fsp3) is 0.818. The number of carbonyl (C=O) groups is 1. The smallest absolute Gasteiger partial charge is 0.233 e. The molecule has 18 heavy (non-hydrogen) atoms. The Kier molecular flexibility index (Phi) is 5.87. The second kappa shape index (κ2) is 7.17. The average molecular weight is 259 g/mol. The van der Waals surface area contributed by atoms with E-state index >= 15 is 0 Å². The van der Waals surface area contributed by atoms with E-state index in [1.165, 1.54) is 0 Å². The summed E-state index contributed by atoms with van der Waals surface area (Å²) in [6.45, 7) is 2.95. The van der Waals surface area contributed by atoms with Gasteiger partial charge in [-0.25, -0.2) is 0 Å². The predicted octanol–water partition coefficient (Wildman–Crippen LogP) is -0.631. The van der Waals surface area contributed by atoms with Gasteiger partial charge in [-0.3, -0.25) is 4.79 Å². The second-order valence-electron chi connectivity index (χ2n) is 4.31. The Hall–Kier alpha value is -1.34. The molecule has 1 rings (SSSR count). The number of hydrogen-bond acceptors (Lipinski definition) is 5. The van der Waals surface area contributed by atoms with Crippen molar-refractivity contribution in [3.63, 3.8) is 0 Å². The van der Waals surface area contributed by atoms with Gasteiger partial charge in [-0.15, -0.1) is 0 Å². The lowest BCUT2D eigenvalue weighted by Crippen LogP contribution is -2.54. The van der Waals surface area contributed by atoms with Crippen LogP contribution in [0.4, 0.5) is 0 Å². The molecule has 1 aliphatic rings. The van der Waals surface area contributed by atoms with Crippen LogP contribution in [0.25, 0.3) is 0 Å². The van der Waals surface area contributed by atoms with Gasteiger partial charge in [0.2, 0.25) is 5.91 Å². The number of amidine groups is 1. The quantitative estimate of drug-likeness (QED) is 0.263. The number of aliphatic hydroxyl groups excluding tert-OH is 1. The summed E-state index contributed by atoms with van der Waals surface area (Å²) in [7, 11) is 0. The van der Waals surface area contributed by atoms with Gasteiger partial charge in [-0.05, 0) is 6.42 Å². The molecule has 0 aliphatic carbocycles. The van der Waals surface area contributed by atoms with E-state index in [4.69, 9.17) is 15.7 Å². The molecular formula is C11H21N3O4. The fourth-order valence-electron chi connectivity index (χ4n) is 2.05. The third-order valence-corrected chi connectivity index (χ3v) is 3.07. The molecule has 1 fully saturated rings. The molecule has 0 aromatic heterocycles. The van der Waals surface area contributed by atoms with Crippen molar-refractivity contribution < 1.29 is 19.8 Å². The van der Waals surface area contributed by atoms with Crippen LogP contribution in [0.5, 0.6) is 0 Å². The van der Waals surface area contributed by atoms with Gasteiger partial charge in [-0.1, -0.05) is 18.5 Å². The predicted molar refractivity (Wildman–Crippen MR) is 65.2 cm³/mol. The number of nitrogens with two attached hydrogens (primary N) is 1. The molecule has 2 unspecified atom stereocenters. The zero-order chi connectivity index (χ0) is 13.5. The molecule has 0 radical (unpaired) electrons. The van der Waals surface area contributed by atoms with Crippen molar-refractivity contribution >= 4 is 11.7 Å². The van der Waals surface area contributed by atoms with Crippen LogP contribution in [0.1, 0.15) is 19.8 Å². The zero-order valence-corrected chi connectivity index (χ0v) is 10.6. The molecule has 1 amide bonds. The van der Waals surface area contributed by atoms with Crippen molar-refractivity contribution in [2.45, 2.75) is 25.8 Å². The molecule has 1 heterocycles. The number of oxime groups is 1. The van der Waals surface area contributed by atoms with Crippen LogP contribution in [-0.4, -0.2) is 59.4 Å². The number of morpholine rings is 1. The molecular weight excluding hydrogens is 238 g/mol. The summed E-state index contributed by atoms with van der Waals surface area (Å²) in [6, 6.07) is -0.350. The van der Waals surface area contributed by atoms with Crippen LogP contribution in [0, 0.1) is 5.92 Å². The van der Waals surface area contributed by atoms with E-state index in [0.29, 0.717) is 26.2 Å². The fourth-order valence-corrected chi connectivity index (χ4v) is 2.05. The van der Waals surface area contributed by atoms with Crippen LogP contribution in [0.2, 0.25) is 0 Å². The Morgan fingerprint density at radius 1 is 1.67 bits per heavy atom. The van der Waals surface area contributed by atoms with Gasteiger partial charge >= 0.3 is 0 Å². The van der Waals surface area contributed by atoms with E-state index in [-0.39, 0.29) is 24.4 Å². The highest BCUT2D eigenvalue weighted by Gasteiger charge is 2.33. The number of rotatable bonds is 5. The Morgan fingerprint density at radius 3 is 2.94 bits per heavy atom. The van der Waals surface area contributed by atoms with E-state index in [0.717, 1.165) is 6.42 Å².